The van der Waals surface area contributed by atoms with Crippen LogP contribution in [0.4, 0.5) is 0 Å². The molecule has 0 saturated carbocycles. The van der Waals surface area contributed by atoms with Crippen molar-refractivity contribution in [3.8, 4) is 5.69 Å². The van der Waals surface area contributed by atoms with E-state index in [1.54, 1.807) is 4.57 Å². The zero-order valence-electron chi connectivity index (χ0n) is 13.7. The van der Waals surface area contributed by atoms with Crippen molar-refractivity contribution in [2.24, 2.45) is 0 Å². The predicted molar refractivity (Wildman–Crippen MR) is 94.2 cm³/mol. The standard InChI is InChI=1S/C19H21N3O/c1-4-20-14(3)18-21-17-11-6-5-10-16(17)19(23)22(18)15-9-7-8-13(2)12-15/h5-12,14,20H,4H2,1-3H3. The first kappa shape index (κ1) is 15.4. The summed E-state index contributed by atoms with van der Waals surface area (Å²) in [5.74, 6) is 0.737. The lowest BCUT2D eigenvalue weighted by Gasteiger charge is -2.19. The second kappa shape index (κ2) is 6.34. The Labute approximate surface area is 135 Å². The van der Waals surface area contributed by atoms with Crippen molar-refractivity contribution < 1.29 is 0 Å². The molecule has 118 valence electrons. The Balaban J connectivity index is 2.34. The van der Waals surface area contributed by atoms with Crippen molar-refractivity contribution in [3.63, 3.8) is 0 Å². The van der Waals surface area contributed by atoms with Gasteiger partial charge in [0.05, 0.1) is 22.6 Å². The van der Waals surface area contributed by atoms with Crippen LogP contribution in [-0.4, -0.2) is 16.1 Å². The monoisotopic (exact) mass is 307 g/mol. The lowest BCUT2D eigenvalue weighted by Crippen LogP contribution is -2.30. The summed E-state index contributed by atoms with van der Waals surface area (Å²) in [5.41, 5.74) is 2.68. The molecule has 3 rings (SSSR count). The third kappa shape index (κ3) is 2.90. The molecule has 1 unspecified atom stereocenters. The molecule has 0 spiro atoms. The Kier molecular flexibility index (Phi) is 4.26. The van der Waals surface area contributed by atoms with Gasteiger partial charge in [0.15, 0.2) is 0 Å². The van der Waals surface area contributed by atoms with E-state index in [2.05, 4.69) is 5.32 Å². The van der Waals surface area contributed by atoms with Gasteiger partial charge in [-0.1, -0.05) is 31.2 Å². The summed E-state index contributed by atoms with van der Waals surface area (Å²) in [4.78, 5) is 17.8. The molecule has 0 aliphatic rings. The maximum Gasteiger partial charge on any atom is 0.266 e. The average Bonchev–Trinajstić information content (AvgIpc) is 2.55. The third-order valence-corrected chi connectivity index (χ3v) is 3.96. The smallest absolute Gasteiger partial charge is 0.266 e. The molecule has 2 aromatic carbocycles. The highest BCUT2D eigenvalue weighted by Crippen LogP contribution is 2.18. The highest BCUT2D eigenvalue weighted by atomic mass is 16.1. The number of aromatic nitrogens is 2. The first-order chi connectivity index (χ1) is 11.1. The van der Waals surface area contributed by atoms with E-state index in [4.69, 9.17) is 4.98 Å². The van der Waals surface area contributed by atoms with E-state index in [1.165, 1.54) is 0 Å². The van der Waals surface area contributed by atoms with Crippen LogP contribution in [0.15, 0.2) is 53.3 Å². The van der Waals surface area contributed by atoms with Crippen LogP contribution in [0.1, 0.15) is 31.3 Å². The number of nitrogens with one attached hydrogen (secondary N) is 1. The fraction of sp³-hybridized carbons (Fsp3) is 0.263. The summed E-state index contributed by atoms with van der Waals surface area (Å²) < 4.78 is 1.72. The van der Waals surface area contributed by atoms with Crippen molar-refractivity contribution in [1.29, 1.82) is 0 Å². The number of aryl methyl sites for hydroxylation is 1. The SMILES string of the molecule is CCNC(C)c1nc2ccccc2c(=O)n1-c1cccc(C)c1. The molecule has 0 aliphatic carbocycles. The first-order valence-electron chi connectivity index (χ1n) is 7.94. The molecule has 0 bridgehead atoms. The van der Waals surface area contributed by atoms with E-state index >= 15 is 0 Å². The van der Waals surface area contributed by atoms with Crippen LogP contribution in [-0.2, 0) is 0 Å². The van der Waals surface area contributed by atoms with Gasteiger partial charge in [-0.3, -0.25) is 9.36 Å². The van der Waals surface area contributed by atoms with Crippen LogP contribution in [0.25, 0.3) is 16.6 Å². The van der Waals surface area contributed by atoms with Crippen LogP contribution in [0.5, 0.6) is 0 Å². The summed E-state index contributed by atoms with van der Waals surface area (Å²) in [7, 11) is 0. The molecule has 0 saturated heterocycles. The first-order valence-corrected chi connectivity index (χ1v) is 7.94. The summed E-state index contributed by atoms with van der Waals surface area (Å²) in [6.45, 7) is 6.92. The lowest BCUT2D eigenvalue weighted by molar-refractivity contribution is 0.551. The summed E-state index contributed by atoms with van der Waals surface area (Å²) >= 11 is 0. The lowest BCUT2D eigenvalue weighted by atomic mass is 10.1. The summed E-state index contributed by atoms with van der Waals surface area (Å²) in [6, 6.07) is 15.4. The number of nitrogens with zero attached hydrogens (tertiary/aromatic N) is 2. The van der Waals surface area contributed by atoms with E-state index in [9.17, 15) is 4.79 Å². The van der Waals surface area contributed by atoms with Crippen LogP contribution in [0, 0.1) is 6.92 Å². The van der Waals surface area contributed by atoms with E-state index in [0.717, 1.165) is 29.1 Å². The normalized spacial score (nSPS) is 12.5. The fourth-order valence-corrected chi connectivity index (χ4v) is 2.85. The van der Waals surface area contributed by atoms with Crippen molar-refractivity contribution >= 4 is 10.9 Å². The molecule has 1 heterocycles. The zero-order chi connectivity index (χ0) is 16.4. The number of para-hydroxylation sites is 1. The predicted octanol–water partition coefficient (Wildman–Crippen LogP) is 3.36. The van der Waals surface area contributed by atoms with E-state index in [-0.39, 0.29) is 11.6 Å². The maximum absolute atomic E-state index is 13.1. The molecule has 4 heteroatoms. The van der Waals surface area contributed by atoms with Gasteiger partial charge in [-0.15, -0.1) is 0 Å². The second-order valence-corrected chi connectivity index (χ2v) is 5.75. The molecule has 4 nitrogen and oxygen atoms in total. The minimum atomic E-state index is -0.0269. The van der Waals surface area contributed by atoms with Crippen molar-refractivity contribution in [2.45, 2.75) is 26.8 Å². The van der Waals surface area contributed by atoms with Gasteiger partial charge >= 0.3 is 0 Å². The molecule has 3 aromatic rings. The van der Waals surface area contributed by atoms with Gasteiger partial charge in [-0.05, 0) is 50.2 Å². The van der Waals surface area contributed by atoms with Gasteiger partial charge in [0, 0.05) is 0 Å². The van der Waals surface area contributed by atoms with E-state index in [0.29, 0.717) is 5.39 Å². The molecular formula is C19H21N3O. The molecular weight excluding hydrogens is 286 g/mol. The van der Waals surface area contributed by atoms with E-state index < -0.39 is 0 Å². The number of hydrogen-bond donors (Lipinski definition) is 1. The average molecular weight is 307 g/mol. The van der Waals surface area contributed by atoms with Crippen molar-refractivity contribution in [3.05, 3.63) is 70.3 Å². The van der Waals surface area contributed by atoms with E-state index in [1.807, 2.05) is 69.3 Å². The Morgan fingerprint density at radius 2 is 1.96 bits per heavy atom. The second-order valence-electron chi connectivity index (χ2n) is 5.75. The van der Waals surface area contributed by atoms with Crippen LogP contribution >= 0.6 is 0 Å². The number of benzene rings is 2. The van der Waals surface area contributed by atoms with Gasteiger partial charge in [-0.2, -0.15) is 0 Å². The molecule has 1 aromatic heterocycles. The summed E-state index contributed by atoms with van der Waals surface area (Å²) in [5, 5.41) is 4.00. The highest BCUT2D eigenvalue weighted by Gasteiger charge is 2.17. The van der Waals surface area contributed by atoms with Gasteiger partial charge in [-0.25, -0.2) is 4.98 Å². The van der Waals surface area contributed by atoms with Gasteiger partial charge in [0.25, 0.3) is 5.56 Å². The van der Waals surface area contributed by atoms with Crippen LogP contribution < -0.4 is 10.9 Å². The number of fused-ring (bicyclic) bond motifs is 1. The summed E-state index contributed by atoms with van der Waals surface area (Å²) in [6.07, 6.45) is 0. The van der Waals surface area contributed by atoms with Gasteiger partial charge in [0.2, 0.25) is 0 Å². The quantitative estimate of drug-likeness (QED) is 0.804. The van der Waals surface area contributed by atoms with Crippen LogP contribution in [0.3, 0.4) is 0 Å². The molecule has 0 amide bonds. The van der Waals surface area contributed by atoms with Crippen molar-refractivity contribution in [1.82, 2.24) is 14.9 Å². The minimum absolute atomic E-state index is 0.0159. The molecule has 0 aliphatic heterocycles. The minimum Gasteiger partial charge on any atom is -0.308 e. The Morgan fingerprint density at radius 1 is 1.17 bits per heavy atom. The highest BCUT2D eigenvalue weighted by molar-refractivity contribution is 5.77. The van der Waals surface area contributed by atoms with Crippen LogP contribution in [0.2, 0.25) is 0 Å². The van der Waals surface area contributed by atoms with Gasteiger partial charge in [0.1, 0.15) is 5.82 Å². The third-order valence-electron chi connectivity index (χ3n) is 3.96. The molecule has 23 heavy (non-hydrogen) atoms. The largest absolute Gasteiger partial charge is 0.308 e. The Hall–Kier alpha value is -2.46. The maximum atomic E-state index is 13.1. The fourth-order valence-electron chi connectivity index (χ4n) is 2.85. The Morgan fingerprint density at radius 3 is 2.70 bits per heavy atom. The number of hydrogen-bond acceptors (Lipinski definition) is 3. The number of rotatable bonds is 4. The van der Waals surface area contributed by atoms with Crippen molar-refractivity contribution in [2.75, 3.05) is 6.54 Å². The molecule has 0 fully saturated rings. The van der Waals surface area contributed by atoms with Gasteiger partial charge < -0.3 is 5.32 Å². The zero-order valence-corrected chi connectivity index (χ0v) is 13.7. The molecule has 1 atom stereocenters. The molecule has 0 radical (unpaired) electrons. The topological polar surface area (TPSA) is 46.9 Å². The Bertz CT molecular complexity index is 899. The molecule has 1 N–H and O–H groups in total.